The molecule has 1 aliphatic heterocycles. The second kappa shape index (κ2) is 8.54. The molecule has 2 aromatic rings. The lowest BCUT2D eigenvalue weighted by atomic mass is 10.0. The Kier molecular flexibility index (Phi) is 6.14. The molecule has 1 saturated heterocycles. The minimum atomic E-state index is -0.543. The Morgan fingerprint density at radius 2 is 1.92 bits per heavy atom. The zero-order chi connectivity index (χ0) is 18.5. The van der Waals surface area contributed by atoms with E-state index in [1.807, 2.05) is 36.4 Å². The first kappa shape index (κ1) is 18.7. The van der Waals surface area contributed by atoms with Gasteiger partial charge < -0.3 is 15.2 Å². The topological polar surface area (TPSA) is 61.8 Å². The zero-order valence-electron chi connectivity index (χ0n) is 14.7. The van der Waals surface area contributed by atoms with Crippen molar-refractivity contribution in [3.05, 3.63) is 59.1 Å². The van der Waals surface area contributed by atoms with Crippen LogP contribution in [0.3, 0.4) is 0 Å². The van der Waals surface area contributed by atoms with Crippen molar-refractivity contribution in [3.63, 3.8) is 0 Å². The number of carbonyl (C=O) groups is 1. The Morgan fingerprint density at radius 1 is 1.23 bits per heavy atom. The van der Waals surface area contributed by atoms with Crippen LogP contribution >= 0.6 is 11.6 Å². The van der Waals surface area contributed by atoms with E-state index in [4.69, 9.17) is 16.3 Å². The maximum atomic E-state index is 11.1. The van der Waals surface area contributed by atoms with Crippen LogP contribution in [0, 0.1) is 0 Å². The van der Waals surface area contributed by atoms with Crippen LogP contribution in [-0.2, 0) is 11.3 Å². The van der Waals surface area contributed by atoms with Crippen molar-refractivity contribution in [2.45, 2.75) is 32.1 Å². The normalized spacial score (nSPS) is 20.6. The minimum Gasteiger partial charge on any atom is -0.488 e. The van der Waals surface area contributed by atoms with Gasteiger partial charge in [-0.25, -0.2) is 0 Å². The van der Waals surface area contributed by atoms with Crippen LogP contribution in [0.25, 0.3) is 0 Å². The van der Waals surface area contributed by atoms with E-state index in [2.05, 4.69) is 10.2 Å². The summed E-state index contributed by atoms with van der Waals surface area (Å²) in [4.78, 5) is 13.3. The Balaban J connectivity index is 1.51. The number of hydrogen-bond donors (Lipinski definition) is 2. The van der Waals surface area contributed by atoms with Crippen molar-refractivity contribution in [1.82, 2.24) is 4.90 Å². The van der Waals surface area contributed by atoms with E-state index in [-0.39, 0.29) is 12.0 Å². The Hall–Kier alpha value is -2.08. The molecule has 1 aliphatic rings. The van der Waals surface area contributed by atoms with Gasteiger partial charge in [0.25, 0.3) is 0 Å². The number of piperidine rings is 1. The molecule has 0 aromatic heterocycles. The maximum Gasteiger partial charge on any atom is 0.221 e. The van der Waals surface area contributed by atoms with E-state index in [9.17, 15) is 9.90 Å². The van der Waals surface area contributed by atoms with Gasteiger partial charge in [-0.15, -0.1) is 0 Å². The second-order valence-electron chi connectivity index (χ2n) is 6.58. The van der Waals surface area contributed by atoms with Crippen LogP contribution in [0.2, 0.25) is 5.02 Å². The number of β-amino-alcohol motifs (C(OH)–C–C–N with tert-alkyl or cyclic N) is 1. The number of anilines is 1. The highest BCUT2D eigenvalue weighted by molar-refractivity contribution is 6.30. The summed E-state index contributed by atoms with van der Waals surface area (Å²) >= 11 is 5.88. The molecule has 0 saturated carbocycles. The number of benzene rings is 2. The Labute approximate surface area is 158 Å². The van der Waals surface area contributed by atoms with Gasteiger partial charge in [0.05, 0.1) is 0 Å². The van der Waals surface area contributed by atoms with Gasteiger partial charge in [-0.05, 0) is 48.4 Å². The molecule has 1 heterocycles. The van der Waals surface area contributed by atoms with E-state index in [0.29, 0.717) is 11.6 Å². The van der Waals surface area contributed by atoms with Crippen molar-refractivity contribution < 1.29 is 14.6 Å². The number of nitrogens with one attached hydrogen (secondary N) is 1. The molecule has 26 heavy (non-hydrogen) atoms. The average molecular weight is 375 g/mol. The average Bonchev–Trinajstić information content (AvgIpc) is 2.60. The fourth-order valence-corrected chi connectivity index (χ4v) is 3.23. The van der Waals surface area contributed by atoms with Crippen molar-refractivity contribution in [1.29, 1.82) is 0 Å². The minimum absolute atomic E-state index is 0.0800. The quantitative estimate of drug-likeness (QED) is 0.842. The third-order valence-corrected chi connectivity index (χ3v) is 4.64. The van der Waals surface area contributed by atoms with Gasteiger partial charge in [0, 0.05) is 37.3 Å². The van der Waals surface area contributed by atoms with E-state index >= 15 is 0 Å². The van der Waals surface area contributed by atoms with Crippen molar-refractivity contribution in [2.24, 2.45) is 0 Å². The smallest absolute Gasteiger partial charge is 0.221 e. The Bertz CT molecular complexity index is 734. The number of likely N-dealkylation sites (tertiary alicyclic amines) is 1. The van der Waals surface area contributed by atoms with E-state index in [0.717, 1.165) is 36.5 Å². The van der Waals surface area contributed by atoms with Gasteiger partial charge >= 0.3 is 0 Å². The molecule has 2 N–H and O–H groups in total. The first-order chi connectivity index (χ1) is 12.5. The molecule has 0 unspecified atom stereocenters. The van der Waals surface area contributed by atoms with Crippen LogP contribution < -0.4 is 10.1 Å². The summed E-state index contributed by atoms with van der Waals surface area (Å²) in [7, 11) is 0. The highest BCUT2D eigenvalue weighted by Crippen LogP contribution is 2.22. The van der Waals surface area contributed by atoms with E-state index < -0.39 is 6.10 Å². The molecule has 1 amide bonds. The molecule has 0 aliphatic carbocycles. The number of rotatable bonds is 5. The molecule has 2 aromatic carbocycles. The van der Waals surface area contributed by atoms with Crippen molar-refractivity contribution >= 4 is 23.2 Å². The molecular formula is C20H23ClN2O3. The largest absolute Gasteiger partial charge is 0.488 e. The SMILES string of the molecule is CC(=O)Nc1ccc(CN2CC[C@@H](Oc3ccc(Cl)cc3)[C@H](O)C2)cc1. The predicted molar refractivity (Wildman–Crippen MR) is 103 cm³/mol. The molecule has 2 atom stereocenters. The van der Waals surface area contributed by atoms with E-state index in [1.165, 1.54) is 6.92 Å². The highest BCUT2D eigenvalue weighted by atomic mass is 35.5. The number of halogens is 1. The highest BCUT2D eigenvalue weighted by Gasteiger charge is 2.29. The van der Waals surface area contributed by atoms with Gasteiger partial charge in [-0.2, -0.15) is 0 Å². The number of ether oxygens (including phenoxy) is 1. The Morgan fingerprint density at radius 3 is 2.54 bits per heavy atom. The number of nitrogens with zero attached hydrogens (tertiary/aromatic N) is 1. The van der Waals surface area contributed by atoms with Gasteiger partial charge in [-0.3, -0.25) is 9.69 Å². The number of amides is 1. The molecule has 1 fully saturated rings. The van der Waals surface area contributed by atoms with Crippen LogP contribution in [0.15, 0.2) is 48.5 Å². The summed E-state index contributed by atoms with van der Waals surface area (Å²) in [5, 5.41) is 13.9. The lowest BCUT2D eigenvalue weighted by molar-refractivity contribution is -0.114. The molecule has 5 nitrogen and oxygen atoms in total. The molecule has 138 valence electrons. The van der Waals surface area contributed by atoms with Crippen molar-refractivity contribution in [3.8, 4) is 5.75 Å². The van der Waals surface area contributed by atoms with Gasteiger partial charge in [0.2, 0.25) is 5.91 Å². The third-order valence-electron chi connectivity index (χ3n) is 4.39. The lowest BCUT2D eigenvalue weighted by Gasteiger charge is -2.36. The van der Waals surface area contributed by atoms with Crippen LogP contribution in [0.5, 0.6) is 5.75 Å². The van der Waals surface area contributed by atoms with Crippen LogP contribution in [0.4, 0.5) is 5.69 Å². The predicted octanol–water partition coefficient (Wildman–Crippen LogP) is 3.31. The lowest BCUT2D eigenvalue weighted by Crippen LogP contribution is -2.48. The summed E-state index contributed by atoms with van der Waals surface area (Å²) in [5.74, 6) is 0.643. The summed E-state index contributed by atoms with van der Waals surface area (Å²) < 4.78 is 5.90. The zero-order valence-corrected chi connectivity index (χ0v) is 15.4. The van der Waals surface area contributed by atoms with Crippen molar-refractivity contribution in [2.75, 3.05) is 18.4 Å². The fourth-order valence-electron chi connectivity index (χ4n) is 3.10. The first-order valence-electron chi connectivity index (χ1n) is 8.69. The molecule has 0 bridgehead atoms. The molecular weight excluding hydrogens is 352 g/mol. The standard InChI is InChI=1S/C20H23ClN2O3/c1-14(24)22-17-6-2-15(3-7-17)12-23-11-10-20(19(25)13-23)26-18-8-4-16(21)5-9-18/h2-9,19-20,25H,10-13H2,1H3,(H,22,24)/t19-,20-/m1/s1. The summed E-state index contributed by atoms with van der Waals surface area (Å²) in [6, 6.07) is 15.0. The molecule has 0 radical (unpaired) electrons. The third kappa shape index (κ3) is 5.21. The second-order valence-corrected chi connectivity index (χ2v) is 7.02. The van der Waals surface area contributed by atoms with Crippen LogP contribution in [-0.4, -0.2) is 41.2 Å². The van der Waals surface area contributed by atoms with Gasteiger partial charge in [-0.1, -0.05) is 23.7 Å². The number of aliphatic hydroxyl groups excluding tert-OH is 1. The molecule has 0 spiro atoms. The van der Waals surface area contributed by atoms with Gasteiger partial charge in [0.1, 0.15) is 18.0 Å². The maximum absolute atomic E-state index is 11.1. The summed E-state index contributed by atoms with van der Waals surface area (Å²) in [6.45, 7) is 3.66. The first-order valence-corrected chi connectivity index (χ1v) is 9.06. The summed E-state index contributed by atoms with van der Waals surface area (Å²) in [6.07, 6.45) is 0.000901. The number of aliphatic hydroxyl groups is 1. The molecule has 3 rings (SSSR count). The number of carbonyl (C=O) groups excluding carboxylic acids is 1. The van der Waals surface area contributed by atoms with E-state index in [1.54, 1.807) is 12.1 Å². The van der Waals surface area contributed by atoms with Gasteiger partial charge in [0.15, 0.2) is 0 Å². The summed E-state index contributed by atoms with van der Waals surface area (Å²) in [5.41, 5.74) is 1.93. The fraction of sp³-hybridized carbons (Fsp3) is 0.350. The number of hydrogen-bond acceptors (Lipinski definition) is 4. The monoisotopic (exact) mass is 374 g/mol. The van der Waals surface area contributed by atoms with Crippen LogP contribution in [0.1, 0.15) is 18.9 Å². The molecule has 6 heteroatoms.